The van der Waals surface area contributed by atoms with Crippen LogP contribution in [0, 0.1) is 17.3 Å². The smallest absolute Gasteiger partial charge is 0.0613 e. The second-order valence-electron chi connectivity index (χ2n) is 10.1. The number of hydrogen-bond donors (Lipinski definition) is 3. The van der Waals surface area contributed by atoms with Gasteiger partial charge >= 0.3 is 0 Å². The molecule has 0 amide bonds. The van der Waals surface area contributed by atoms with Crippen LogP contribution in [0.1, 0.15) is 98.8 Å². The molecule has 0 radical (unpaired) electrons. The zero-order chi connectivity index (χ0) is 23.5. The Hall–Kier alpha value is -0.680. The lowest BCUT2D eigenvalue weighted by Gasteiger charge is -2.42. The van der Waals surface area contributed by atoms with Gasteiger partial charge in [-0.05, 0) is 102 Å². The van der Waals surface area contributed by atoms with Gasteiger partial charge in [0, 0.05) is 13.2 Å². The summed E-state index contributed by atoms with van der Waals surface area (Å²) in [5.74, 6) is 1.33. The van der Waals surface area contributed by atoms with Gasteiger partial charge in [-0.2, -0.15) is 0 Å². The number of hydrogen-bond acceptors (Lipinski definition) is 4. The maximum Gasteiger partial charge on any atom is 0.0613 e. The Labute approximate surface area is 192 Å². The van der Waals surface area contributed by atoms with Gasteiger partial charge < -0.3 is 20.7 Å². The minimum atomic E-state index is -0.636. The van der Waals surface area contributed by atoms with E-state index in [-0.39, 0.29) is 6.10 Å². The van der Waals surface area contributed by atoms with Crippen LogP contribution in [-0.2, 0) is 4.74 Å². The van der Waals surface area contributed by atoms with Gasteiger partial charge in [0.2, 0.25) is 0 Å². The second-order valence-corrected chi connectivity index (χ2v) is 10.1. The molecule has 4 N–H and O–H groups in total. The van der Waals surface area contributed by atoms with Crippen molar-refractivity contribution in [1.29, 1.82) is 0 Å². The molecule has 0 bridgehead atoms. The average molecular weight is 438 g/mol. The second kappa shape index (κ2) is 13.8. The molecule has 3 aliphatic carbocycles. The Balaban J connectivity index is 0.00000113. The summed E-state index contributed by atoms with van der Waals surface area (Å²) in [5, 5.41) is 19.8. The van der Waals surface area contributed by atoms with Crippen LogP contribution in [0.3, 0.4) is 0 Å². The van der Waals surface area contributed by atoms with Gasteiger partial charge in [-0.15, -0.1) is 0 Å². The van der Waals surface area contributed by atoms with Gasteiger partial charge in [0.05, 0.1) is 11.7 Å². The molecule has 182 valence electrons. The molecule has 4 nitrogen and oxygen atoms in total. The quantitative estimate of drug-likeness (QED) is 0.461. The SMILES string of the molecule is CC.CC(C)(O)CCOCC1CCC2/C(=C/C=C3/CCCC(O)C3)CCCC12C.CN. The lowest BCUT2D eigenvalue weighted by Crippen LogP contribution is -2.35. The van der Waals surface area contributed by atoms with Crippen LogP contribution in [0.5, 0.6) is 0 Å². The lowest BCUT2D eigenvalue weighted by atomic mass is 9.63. The minimum Gasteiger partial charge on any atom is -0.393 e. The first-order chi connectivity index (χ1) is 14.8. The average Bonchev–Trinajstić information content (AvgIpc) is 3.08. The number of aliphatic hydroxyl groups is 2. The van der Waals surface area contributed by atoms with E-state index < -0.39 is 5.60 Å². The summed E-state index contributed by atoms with van der Waals surface area (Å²) < 4.78 is 5.99. The van der Waals surface area contributed by atoms with Crippen LogP contribution < -0.4 is 5.73 Å². The molecule has 4 heteroatoms. The van der Waals surface area contributed by atoms with E-state index in [0.717, 1.165) is 32.3 Å². The zero-order valence-electron chi connectivity index (χ0n) is 21.3. The highest BCUT2D eigenvalue weighted by Gasteiger charge is 2.49. The molecule has 0 heterocycles. The first-order valence-corrected chi connectivity index (χ1v) is 12.7. The van der Waals surface area contributed by atoms with E-state index in [9.17, 15) is 10.2 Å². The highest BCUT2D eigenvalue weighted by molar-refractivity contribution is 5.25. The van der Waals surface area contributed by atoms with Crippen LogP contribution >= 0.6 is 0 Å². The van der Waals surface area contributed by atoms with Crippen molar-refractivity contribution in [3.63, 3.8) is 0 Å². The highest BCUT2D eigenvalue weighted by atomic mass is 16.5. The molecule has 31 heavy (non-hydrogen) atoms. The monoisotopic (exact) mass is 437 g/mol. The molecular formula is C27H51NO3. The molecule has 3 fully saturated rings. The Morgan fingerprint density at radius 1 is 1.10 bits per heavy atom. The van der Waals surface area contributed by atoms with E-state index in [1.165, 1.54) is 44.7 Å². The molecule has 0 aromatic carbocycles. The zero-order valence-corrected chi connectivity index (χ0v) is 21.3. The minimum absolute atomic E-state index is 0.128. The Morgan fingerprint density at radius 3 is 2.45 bits per heavy atom. The molecule has 3 rings (SSSR count). The summed E-state index contributed by atoms with van der Waals surface area (Å²) in [4.78, 5) is 0. The summed E-state index contributed by atoms with van der Waals surface area (Å²) in [6.45, 7) is 11.7. The summed E-state index contributed by atoms with van der Waals surface area (Å²) in [7, 11) is 1.50. The van der Waals surface area contributed by atoms with Crippen LogP contribution in [-0.4, -0.2) is 42.2 Å². The van der Waals surface area contributed by atoms with Crippen LogP contribution in [0.15, 0.2) is 23.3 Å². The normalized spacial score (nSPS) is 33.3. The van der Waals surface area contributed by atoms with E-state index >= 15 is 0 Å². The highest BCUT2D eigenvalue weighted by Crippen LogP contribution is 2.57. The molecule has 0 aliphatic heterocycles. The Morgan fingerprint density at radius 2 is 1.81 bits per heavy atom. The molecule has 0 aromatic heterocycles. The number of aliphatic hydroxyl groups excluding tert-OH is 1. The summed E-state index contributed by atoms with van der Waals surface area (Å²) in [6.07, 6.45) is 15.8. The number of nitrogens with two attached hydrogens (primary N) is 1. The van der Waals surface area contributed by atoms with Crippen molar-refractivity contribution in [2.45, 2.75) is 111 Å². The van der Waals surface area contributed by atoms with Crippen molar-refractivity contribution >= 4 is 0 Å². The largest absolute Gasteiger partial charge is 0.393 e. The third-order valence-corrected chi connectivity index (χ3v) is 7.40. The molecule has 0 saturated heterocycles. The molecule has 4 unspecified atom stereocenters. The van der Waals surface area contributed by atoms with E-state index in [4.69, 9.17) is 4.74 Å². The maximum atomic E-state index is 9.90. The summed E-state index contributed by atoms with van der Waals surface area (Å²) >= 11 is 0. The first kappa shape index (κ1) is 28.4. The van der Waals surface area contributed by atoms with Gasteiger partial charge in [-0.3, -0.25) is 0 Å². The van der Waals surface area contributed by atoms with Crippen molar-refractivity contribution in [3.8, 4) is 0 Å². The first-order valence-electron chi connectivity index (χ1n) is 12.7. The number of ether oxygens (including phenoxy) is 1. The lowest BCUT2D eigenvalue weighted by molar-refractivity contribution is -0.000947. The van der Waals surface area contributed by atoms with Crippen molar-refractivity contribution in [1.82, 2.24) is 0 Å². The third-order valence-electron chi connectivity index (χ3n) is 7.40. The van der Waals surface area contributed by atoms with Gasteiger partial charge in [0.15, 0.2) is 0 Å². The fraction of sp³-hybridized carbons (Fsp3) is 0.852. The van der Waals surface area contributed by atoms with Gasteiger partial charge in [0.1, 0.15) is 0 Å². The van der Waals surface area contributed by atoms with E-state index in [0.29, 0.717) is 30.3 Å². The summed E-state index contributed by atoms with van der Waals surface area (Å²) in [6, 6.07) is 0. The molecule has 4 atom stereocenters. The Bertz CT molecular complexity index is 563. The standard InChI is InChI=1S/C24H40O3.C2H6.CH5N/c1-23(2,26)14-15-27-17-20-11-12-22-19(7-5-13-24(20,22)3)10-9-18-6-4-8-21(25)16-18;2*1-2/h9-10,20-22,25-26H,4-8,11-17H2,1-3H3;1-2H3;2H2,1H3/b18-9-,19-10+;;. The van der Waals surface area contributed by atoms with Crippen molar-refractivity contribution in [2.24, 2.45) is 23.0 Å². The number of rotatable bonds is 6. The van der Waals surface area contributed by atoms with Crippen LogP contribution in [0.2, 0.25) is 0 Å². The molecule has 0 spiro atoms. The molecular weight excluding hydrogens is 386 g/mol. The predicted octanol–water partition coefficient (Wildman–Crippen LogP) is 5.77. The van der Waals surface area contributed by atoms with E-state index in [1.54, 1.807) is 5.57 Å². The van der Waals surface area contributed by atoms with Gasteiger partial charge in [0.25, 0.3) is 0 Å². The maximum absolute atomic E-state index is 9.90. The fourth-order valence-corrected chi connectivity index (χ4v) is 5.62. The van der Waals surface area contributed by atoms with Crippen LogP contribution in [0.25, 0.3) is 0 Å². The third kappa shape index (κ3) is 8.64. The van der Waals surface area contributed by atoms with Gasteiger partial charge in [-0.25, -0.2) is 0 Å². The predicted molar refractivity (Wildman–Crippen MR) is 132 cm³/mol. The summed E-state index contributed by atoms with van der Waals surface area (Å²) in [5.41, 5.74) is 7.29. The molecule has 0 aromatic rings. The Kier molecular flexibility index (Phi) is 12.6. The van der Waals surface area contributed by atoms with Crippen molar-refractivity contribution in [2.75, 3.05) is 20.3 Å². The van der Waals surface area contributed by atoms with Gasteiger partial charge in [-0.1, -0.05) is 44.1 Å². The van der Waals surface area contributed by atoms with Crippen molar-refractivity contribution < 1.29 is 14.9 Å². The van der Waals surface area contributed by atoms with Crippen LogP contribution in [0.4, 0.5) is 0 Å². The topological polar surface area (TPSA) is 75.7 Å². The number of fused-ring (bicyclic) bond motifs is 1. The fourth-order valence-electron chi connectivity index (χ4n) is 5.62. The number of allylic oxidation sites excluding steroid dienone is 3. The van der Waals surface area contributed by atoms with Crippen molar-refractivity contribution in [3.05, 3.63) is 23.3 Å². The molecule has 3 saturated carbocycles. The van der Waals surface area contributed by atoms with E-state index in [1.807, 2.05) is 27.7 Å². The molecule has 3 aliphatic rings. The van der Waals surface area contributed by atoms with E-state index in [2.05, 4.69) is 24.8 Å².